The number of benzene rings is 1. The Kier molecular flexibility index (Phi) is 5.71. The van der Waals surface area contributed by atoms with Gasteiger partial charge in [0.25, 0.3) is 0 Å². The summed E-state index contributed by atoms with van der Waals surface area (Å²) in [6.45, 7) is 1.58. The maximum absolute atomic E-state index is 12.0. The fourth-order valence-corrected chi connectivity index (χ4v) is 2.11. The van der Waals surface area contributed by atoms with Crippen LogP contribution in [0.3, 0.4) is 0 Å². The molecule has 21 heavy (non-hydrogen) atoms. The van der Waals surface area contributed by atoms with E-state index in [-0.39, 0.29) is 25.5 Å². The molecule has 6 nitrogen and oxygen atoms in total. The van der Waals surface area contributed by atoms with E-state index in [2.05, 4.69) is 0 Å². The van der Waals surface area contributed by atoms with Crippen molar-refractivity contribution in [1.29, 1.82) is 0 Å². The first-order valence-electron chi connectivity index (χ1n) is 6.90. The first-order valence-corrected chi connectivity index (χ1v) is 6.90. The number of carboxylic acid groups (broad SMARTS) is 1. The standard InChI is InChI=1S/C15H19NO5/c17-14(16-7-9-21-13(10-16)15(18)19)6-8-20-11-12-4-2-1-3-5-12/h1-5,13H,6-11H2,(H,18,19). The fourth-order valence-electron chi connectivity index (χ4n) is 2.11. The van der Waals surface area contributed by atoms with E-state index in [0.29, 0.717) is 19.8 Å². The Hall–Kier alpha value is -1.92. The van der Waals surface area contributed by atoms with Crippen molar-refractivity contribution in [1.82, 2.24) is 4.90 Å². The SMILES string of the molecule is O=C(O)C1CN(C(=O)CCOCc2ccccc2)CCO1. The van der Waals surface area contributed by atoms with Gasteiger partial charge in [0.2, 0.25) is 5.91 Å². The first-order chi connectivity index (χ1) is 10.2. The molecule has 0 aliphatic carbocycles. The minimum Gasteiger partial charge on any atom is -0.479 e. The molecule has 1 aromatic rings. The Balaban J connectivity index is 1.68. The number of rotatable bonds is 6. The van der Waals surface area contributed by atoms with Gasteiger partial charge < -0.3 is 19.5 Å². The highest BCUT2D eigenvalue weighted by Crippen LogP contribution is 2.08. The summed E-state index contributed by atoms with van der Waals surface area (Å²) in [5.74, 6) is -1.13. The molecule has 1 saturated heterocycles. The molecule has 1 fully saturated rings. The van der Waals surface area contributed by atoms with Crippen molar-refractivity contribution in [2.45, 2.75) is 19.1 Å². The summed E-state index contributed by atoms with van der Waals surface area (Å²) in [5.41, 5.74) is 1.06. The van der Waals surface area contributed by atoms with E-state index in [1.807, 2.05) is 30.3 Å². The second-order valence-electron chi connectivity index (χ2n) is 4.83. The normalized spacial score (nSPS) is 18.5. The minimum atomic E-state index is -1.03. The molecule has 1 aliphatic heterocycles. The zero-order chi connectivity index (χ0) is 15.1. The average molecular weight is 293 g/mol. The van der Waals surface area contributed by atoms with Gasteiger partial charge in [-0.05, 0) is 5.56 Å². The van der Waals surface area contributed by atoms with Gasteiger partial charge in [0, 0.05) is 6.54 Å². The van der Waals surface area contributed by atoms with Crippen LogP contribution in [0.5, 0.6) is 0 Å². The molecule has 114 valence electrons. The maximum Gasteiger partial charge on any atom is 0.334 e. The van der Waals surface area contributed by atoms with Gasteiger partial charge in [0.15, 0.2) is 6.10 Å². The number of hydrogen-bond acceptors (Lipinski definition) is 4. The van der Waals surface area contributed by atoms with Crippen LogP contribution in [0.4, 0.5) is 0 Å². The average Bonchev–Trinajstić information content (AvgIpc) is 2.52. The highest BCUT2D eigenvalue weighted by molar-refractivity contribution is 5.78. The highest BCUT2D eigenvalue weighted by atomic mass is 16.5. The smallest absolute Gasteiger partial charge is 0.334 e. The lowest BCUT2D eigenvalue weighted by Gasteiger charge is -2.30. The molecule has 1 amide bonds. The molecule has 6 heteroatoms. The summed E-state index contributed by atoms with van der Waals surface area (Å²) < 4.78 is 10.5. The maximum atomic E-state index is 12.0. The van der Waals surface area contributed by atoms with Crippen molar-refractivity contribution in [2.75, 3.05) is 26.3 Å². The van der Waals surface area contributed by atoms with Crippen LogP contribution in [0.25, 0.3) is 0 Å². The number of nitrogens with zero attached hydrogens (tertiary/aromatic N) is 1. The van der Waals surface area contributed by atoms with Gasteiger partial charge in [-0.25, -0.2) is 4.79 Å². The van der Waals surface area contributed by atoms with Gasteiger partial charge in [-0.2, -0.15) is 0 Å². The summed E-state index contributed by atoms with van der Waals surface area (Å²) in [4.78, 5) is 24.3. The second kappa shape index (κ2) is 7.75. The molecule has 0 spiro atoms. The number of amides is 1. The van der Waals surface area contributed by atoms with Gasteiger partial charge in [-0.3, -0.25) is 4.79 Å². The zero-order valence-electron chi connectivity index (χ0n) is 11.7. The van der Waals surface area contributed by atoms with Gasteiger partial charge in [-0.1, -0.05) is 30.3 Å². The molecular formula is C15H19NO5. The lowest BCUT2D eigenvalue weighted by molar-refractivity contribution is -0.159. The molecule has 1 N–H and O–H groups in total. The lowest BCUT2D eigenvalue weighted by Crippen LogP contribution is -2.48. The van der Waals surface area contributed by atoms with E-state index < -0.39 is 12.1 Å². The lowest BCUT2D eigenvalue weighted by atomic mass is 10.2. The molecule has 1 heterocycles. The van der Waals surface area contributed by atoms with Crippen LogP contribution in [0, 0.1) is 0 Å². The van der Waals surface area contributed by atoms with Gasteiger partial charge >= 0.3 is 5.97 Å². The van der Waals surface area contributed by atoms with Gasteiger partial charge in [0.05, 0.1) is 32.8 Å². The number of carbonyl (C=O) groups is 2. The van der Waals surface area contributed by atoms with E-state index in [1.54, 1.807) is 0 Å². The third-order valence-electron chi connectivity index (χ3n) is 3.27. The summed E-state index contributed by atoms with van der Waals surface area (Å²) in [7, 11) is 0. The molecule has 2 rings (SSSR count). The summed E-state index contributed by atoms with van der Waals surface area (Å²) in [6, 6.07) is 9.72. The predicted molar refractivity (Wildman–Crippen MR) is 74.7 cm³/mol. The third-order valence-corrected chi connectivity index (χ3v) is 3.27. The minimum absolute atomic E-state index is 0.0994. The van der Waals surface area contributed by atoms with Crippen LogP contribution in [-0.2, 0) is 25.7 Å². The molecule has 0 radical (unpaired) electrons. The van der Waals surface area contributed by atoms with E-state index in [4.69, 9.17) is 14.6 Å². The highest BCUT2D eigenvalue weighted by Gasteiger charge is 2.28. The van der Waals surface area contributed by atoms with Crippen molar-refractivity contribution in [2.24, 2.45) is 0 Å². The third kappa shape index (κ3) is 4.84. The first kappa shape index (κ1) is 15.5. The molecule has 0 bridgehead atoms. The molecule has 0 saturated carbocycles. The molecule has 1 aromatic carbocycles. The van der Waals surface area contributed by atoms with Crippen LogP contribution in [0.15, 0.2) is 30.3 Å². The van der Waals surface area contributed by atoms with Crippen LogP contribution < -0.4 is 0 Å². The van der Waals surface area contributed by atoms with Crippen molar-refractivity contribution in [3.05, 3.63) is 35.9 Å². The van der Waals surface area contributed by atoms with Crippen LogP contribution in [0.1, 0.15) is 12.0 Å². The number of ether oxygens (including phenoxy) is 2. The van der Waals surface area contributed by atoms with Crippen molar-refractivity contribution in [3.63, 3.8) is 0 Å². The summed E-state index contributed by atoms with van der Waals surface area (Å²) >= 11 is 0. The quantitative estimate of drug-likeness (QED) is 0.789. The summed E-state index contributed by atoms with van der Waals surface area (Å²) in [5, 5.41) is 8.89. The van der Waals surface area contributed by atoms with Crippen LogP contribution in [0.2, 0.25) is 0 Å². The van der Waals surface area contributed by atoms with Crippen molar-refractivity contribution < 1.29 is 24.2 Å². The predicted octanol–water partition coefficient (Wildman–Crippen LogP) is 0.905. The molecule has 1 unspecified atom stereocenters. The van der Waals surface area contributed by atoms with Crippen LogP contribution in [-0.4, -0.2) is 54.3 Å². The number of morpholine rings is 1. The largest absolute Gasteiger partial charge is 0.479 e. The zero-order valence-corrected chi connectivity index (χ0v) is 11.7. The molecule has 0 aromatic heterocycles. The number of hydrogen-bond donors (Lipinski definition) is 1. The molecule has 1 aliphatic rings. The van der Waals surface area contributed by atoms with E-state index in [1.165, 1.54) is 4.90 Å². The Morgan fingerprint density at radius 1 is 1.33 bits per heavy atom. The number of carbonyl (C=O) groups excluding carboxylic acids is 1. The van der Waals surface area contributed by atoms with Gasteiger partial charge in [-0.15, -0.1) is 0 Å². The van der Waals surface area contributed by atoms with Gasteiger partial charge in [0.1, 0.15) is 0 Å². The van der Waals surface area contributed by atoms with Crippen LogP contribution >= 0.6 is 0 Å². The fraction of sp³-hybridized carbons (Fsp3) is 0.467. The molecule has 1 atom stereocenters. The number of aliphatic carboxylic acids is 1. The second-order valence-corrected chi connectivity index (χ2v) is 4.83. The van der Waals surface area contributed by atoms with E-state index in [0.717, 1.165) is 5.56 Å². The van der Waals surface area contributed by atoms with Crippen molar-refractivity contribution >= 4 is 11.9 Å². The number of carboxylic acids is 1. The summed E-state index contributed by atoms with van der Waals surface area (Å²) in [6.07, 6.45) is -0.674. The Bertz CT molecular complexity index is 476. The van der Waals surface area contributed by atoms with E-state index in [9.17, 15) is 9.59 Å². The van der Waals surface area contributed by atoms with Crippen molar-refractivity contribution in [3.8, 4) is 0 Å². The Morgan fingerprint density at radius 3 is 2.81 bits per heavy atom. The Labute approximate surface area is 123 Å². The monoisotopic (exact) mass is 293 g/mol. The topological polar surface area (TPSA) is 76.1 Å². The Morgan fingerprint density at radius 2 is 2.10 bits per heavy atom. The van der Waals surface area contributed by atoms with E-state index >= 15 is 0 Å². The molecular weight excluding hydrogens is 274 g/mol.